The van der Waals surface area contributed by atoms with Crippen molar-refractivity contribution in [2.45, 2.75) is 12.7 Å². The van der Waals surface area contributed by atoms with E-state index in [9.17, 15) is 0 Å². The molecule has 0 saturated carbocycles. The van der Waals surface area contributed by atoms with Gasteiger partial charge >= 0.3 is 0 Å². The van der Waals surface area contributed by atoms with Crippen molar-refractivity contribution in [3.8, 4) is 12.1 Å². The molecule has 0 unspecified atom stereocenters. The Bertz CT molecular complexity index is 736. The molecule has 0 aliphatic rings. The lowest BCUT2D eigenvalue weighted by molar-refractivity contribution is 1.31. The van der Waals surface area contributed by atoms with E-state index in [1.165, 1.54) is 22.9 Å². The van der Waals surface area contributed by atoms with Crippen LogP contribution in [0.3, 0.4) is 0 Å². The van der Waals surface area contributed by atoms with Gasteiger partial charge in [-0.15, -0.1) is 11.8 Å². The molecule has 0 aliphatic heterocycles. The van der Waals surface area contributed by atoms with E-state index in [1.807, 2.05) is 54.6 Å². The smallest absolute Gasteiger partial charge is 0.159 e. The summed E-state index contributed by atoms with van der Waals surface area (Å²) in [5.41, 5.74) is 3.35. The molecule has 22 heavy (non-hydrogen) atoms. The minimum atomic E-state index is 0.0995. The zero-order chi connectivity index (χ0) is 15.8. The number of anilines is 1. The number of hydrogen-bond donors (Lipinski definition) is 1. The van der Waals surface area contributed by atoms with Gasteiger partial charge in [0.15, 0.2) is 5.57 Å². The predicted molar refractivity (Wildman–Crippen MR) is 90.8 cm³/mol. The minimum Gasteiger partial charge on any atom is -0.349 e. The van der Waals surface area contributed by atoms with Crippen molar-refractivity contribution in [3.05, 3.63) is 76.3 Å². The van der Waals surface area contributed by atoms with Crippen LogP contribution in [0.25, 0.3) is 0 Å². The van der Waals surface area contributed by atoms with Crippen molar-refractivity contribution in [1.29, 1.82) is 10.5 Å². The normalized spacial score (nSPS) is 9.41. The van der Waals surface area contributed by atoms with Crippen LogP contribution in [0.1, 0.15) is 11.1 Å². The lowest BCUT2D eigenvalue weighted by Crippen LogP contribution is -2.00. The SMILES string of the molecule is Cc1ccccc1CSC(Nc1ccccc1)=C(C#N)C#N. The summed E-state index contributed by atoms with van der Waals surface area (Å²) in [4.78, 5) is 0. The number of aryl methyl sites for hydroxylation is 1. The highest BCUT2D eigenvalue weighted by molar-refractivity contribution is 8.02. The molecule has 0 spiro atoms. The van der Waals surface area contributed by atoms with Gasteiger partial charge in [0.05, 0.1) is 0 Å². The molecule has 0 saturated heterocycles. The second-order valence-corrected chi connectivity index (χ2v) is 5.62. The third-order valence-electron chi connectivity index (χ3n) is 3.12. The Balaban J connectivity index is 2.20. The van der Waals surface area contributed by atoms with Crippen LogP contribution in [-0.4, -0.2) is 0 Å². The number of rotatable bonds is 5. The highest BCUT2D eigenvalue weighted by Gasteiger charge is 2.09. The van der Waals surface area contributed by atoms with Crippen molar-refractivity contribution >= 4 is 17.4 Å². The van der Waals surface area contributed by atoms with Gasteiger partial charge in [-0.2, -0.15) is 10.5 Å². The monoisotopic (exact) mass is 305 g/mol. The third kappa shape index (κ3) is 4.15. The maximum Gasteiger partial charge on any atom is 0.159 e. The number of thioether (sulfide) groups is 1. The van der Waals surface area contributed by atoms with Crippen LogP contribution in [0.15, 0.2) is 65.2 Å². The Morgan fingerprint density at radius 1 is 1.00 bits per heavy atom. The average Bonchev–Trinajstić information content (AvgIpc) is 2.56. The molecule has 0 aliphatic carbocycles. The zero-order valence-corrected chi connectivity index (χ0v) is 13.0. The van der Waals surface area contributed by atoms with Gasteiger partial charge in [0, 0.05) is 11.4 Å². The molecule has 0 aromatic heterocycles. The van der Waals surface area contributed by atoms with E-state index in [2.05, 4.69) is 24.4 Å². The number of allylic oxidation sites excluding steroid dienone is 1. The maximum atomic E-state index is 9.14. The van der Waals surface area contributed by atoms with E-state index in [1.54, 1.807) is 0 Å². The van der Waals surface area contributed by atoms with Crippen LogP contribution < -0.4 is 5.32 Å². The lowest BCUT2D eigenvalue weighted by atomic mass is 10.1. The Hall–Kier alpha value is -2.69. The van der Waals surface area contributed by atoms with Crippen LogP contribution >= 0.6 is 11.8 Å². The zero-order valence-electron chi connectivity index (χ0n) is 12.2. The van der Waals surface area contributed by atoms with Crippen LogP contribution in [0.5, 0.6) is 0 Å². The third-order valence-corrected chi connectivity index (χ3v) is 4.17. The predicted octanol–water partition coefficient (Wildman–Crippen LogP) is 4.60. The van der Waals surface area contributed by atoms with Crippen LogP contribution in [0.2, 0.25) is 0 Å². The lowest BCUT2D eigenvalue weighted by Gasteiger charge is -2.11. The van der Waals surface area contributed by atoms with Crippen LogP contribution in [-0.2, 0) is 5.75 Å². The standard InChI is InChI=1S/C18H15N3S/c1-14-7-5-6-8-15(14)13-22-18(16(11-19)12-20)21-17-9-3-2-4-10-17/h2-10,21H,13H2,1H3. The van der Waals surface area contributed by atoms with Gasteiger partial charge in [0.25, 0.3) is 0 Å². The Morgan fingerprint density at radius 3 is 2.27 bits per heavy atom. The fraction of sp³-hybridized carbons (Fsp3) is 0.111. The summed E-state index contributed by atoms with van der Waals surface area (Å²) in [6.45, 7) is 2.05. The summed E-state index contributed by atoms with van der Waals surface area (Å²) >= 11 is 1.46. The quantitative estimate of drug-likeness (QED) is 0.820. The number of benzene rings is 2. The highest BCUT2D eigenvalue weighted by Crippen LogP contribution is 2.27. The second kappa shape index (κ2) is 7.93. The first kappa shape index (κ1) is 15.7. The molecule has 0 amide bonds. The van der Waals surface area contributed by atoms with E-state index < -0.39 is 0 Å². The van der Waals surface area contributed by atoms with Crippen molar-refractivity contribution in [2.24, 2.45) is 0 Å². The summed E-state index contributed by atoms with van der Waals surface area (Å²) in [5.74, 6) is 0.703. The fourth-order valence-corrected chi connectivity index (χ4v) is 2.92. The molecular weight excluding hydrogens is 290 g/mol. The van der Waals surface area contributed by atoms with Crippen molar-refractivity contribution < 1.29 is 0 Å². The molecule has 0 atom stereocenters. The average molecular weight is 305 g/mol. The number of nitrogens with zero attached hydrogens (tertiary/aromatic N) is 2. The first-order valence-electron chi connectivity index (χ1n) is 6.78. The number of hydrogen-bond acceptors (Lipinski definition) is 4. The number of nitrogens with one attached hydrogen (secondary N) is 1. The first-order chi connectivity index (χ1) is 10.7. The Kier molecular flexibility index (Phi) is 5.65. The van der Waals surface area contributed by atoms with E-state index in [0.717, 1.165) is 5.69 Å². The maximum absolute atomic E-state index is 9.14. The molecule has 4 heteroatoms. The molecule has 2 rings (SSSR count). The van der Waals surface area contributed by atoms with Crippen LogP contribution in [0.4, 0.5) is 5.69 Å². The summed E-state index contributed by atoms with van der Waals surface area (Å²) in [6, 6.07) is 21.6. The summed E-state index contributed by atoms with van der Waals surface area (Å²) < 4.78 is 0. The number of para-hydroxylation sites is 1. The van der Waals surface area contributed by atoms with Gasteiger partial charge in [0.2, 0.25) is 0 Å². The van der Waals surface area contributed by atoms with Crippen molar-refractivity contribution in [2.75, 3.05) is 5.32 Å². The largest absolute Gasteiger partial charge is 0.349 e. The van der Waals surface area contributed by atoms with Crippen molar-refractivity contribution in [3.63, 3.8) is 0 Å². The van der Waals surface area contributed by atoms with E-state index in [0.29, 0.717) is 10.8 Å². The Morgan fingerprint density at radius 2 is 1.64 bits per heavy atom. The van der Waals surface area contributed by atoms with Gasteiger partial charge in [-0.05, 0) is 30.2 Å². The molecule has 2 aromatic rings. The molecular formula is C18H15N3S. The highest BCUT2D eigenvalue weighted by atomic mass is 32.2. The van der Waals surface area contributed by atoms with Gasteiger partial charge in [-0.25, -0.2) is 0 Å². The second-order valence-electron chi connectivity index (χ2n) is 4.63. The molecule has 0 heterocycles. The van der Waals surface area contributed by atoms with E-state index in [-0.39, 0.29) is 5.57 Å². The molecule has 108 valence electrons. The summed E-state index contributed by atoms with van der Waals surface area (Å²) in [6.07, 6.45) is 0. The molecule has 0 radical (unpaired) electrons. The first-order valence-corrected chi connectivity index (χ1v) is 7.77. The van der Waals surface area contributed by atoms with Crippen LogP contribution in [0, 0.1) is 29.6 Å². The minimum absolute atomic E-state index is 0.0995. The van der Waals surface area contributed by atoms with Crippen molar-refractivity contribution in [1.82, 2.24) is 0 Å². The summed E-state index contributed by atoms with van der Waals surface area (Å²) in [7, 11) is 0. The van der Waals surface area contributed by atoms with Gasteiger partial charge in [-0.3, -0.25) is 0 Å². The van der Waals surface area contributed by atoms with E-state index >= 15 is 0 Å². The molecule has 3 nitrogen and oxygen atoms in total. The topological polar surface area (TPSA) is 59.6 Å². The number of nitriles is 2. The molecule has 0 fully saturated rings. The molecule has 1 N–H and O–H groups in total. The van der Waals surface area contributed by atoms with Gasteiger partial charge in [-0.1, -0.05) is 42.5 Å². The van der Waals surface area contributed by atoms with Gasteiger partial charge < -0.3 is 5.32 Å². The molecule has 2 aromatic carbocycles. The summed E-state index contributed by atoms with van der Waals surface area (Å²) in [5, 5.41) is 22.0. The molecule has 0 bridgehead atoms. The fourth-order valence-electron chi connectivity index (χ4n) is 1.87. The Labute approximate surface area is 134 Å². The van der Waals surface area contributed by atoms with E-state index in [4.69, 9.17) is 10.5 Å². The van der Waals surface area contributed by atoms with Gasteiger partial charge in [0.1, 0.15) is 17.2 Å².